The molecule has 34 heavy (non-hydrogen) atoms. The molecular weight excluding hydrogens is 495 g/mol. The van der Waals surface area contributed by atoms with Gasteiger partial charge >= 0.3 is 5.97 Å². The van der Waals surface area contributed by atoms with Gasteiger partial charge in [0, 0.05) is 21.7 Å². The molecule has 3 N–H and O–H groups in total. The molecule has 1 aliphatic heterocycles. The number of anilines is 2. The molecule has 3 atom stereocenters. The lowest BCUT2D eigenvalue weighted by Crippen LogP contribution is -2.30. The number of rotatable bonds is 5. The van der Waals surface area contributed by atoms with Crippen molar-refractivity contribution in [1.82, 2.24) is 0 Å². The van der Waals surface area contributed by atoms with E-state index in [4.69, 9.17) is 23.2 Å². The van der Waals surface area contributed by atoms with Crippen LogP contribution in [0.4, 0.5) is 11.4 Å². The number of halogens is 2. The zero-order valence-electron chi connectivity index (χ0n) is 17.7. The second-order valence-electron chi connectivity index (χ2n) is 8.38. The Morgan fingerprint density at radius 1 is 1.00 bits per heavy atom. The second-order valence-corrected chi connectivity index (χ2v) is 10.9. The summed E-state index contributed by atoms with van der Waals surface area (Å²) in [4.78, 5) is 11.9. The smallest absolute Gasteiger partial charge is 0.336 e. The number of carboxylic acids is 1. The molecule has 0 fully saturated rings. The number of hydrogen-bond acceptors (Lipinski definition) is 4. The first-order valence-electron chi connectivity index (χ1n) is 10.6. The third-order valence-electron chi connectivity index (χ3n) is 6.29. The molecule has 1 heterocycles. The highest BCUT2D eigenvalue weighted by Crippen LogP contribution is 2.50. The number of carboxylic acid groups (broad SMARTS) is 1. The van der Waals surface area contributed by atoms with Crippen LogP contribution in [0.25, 0.3) is 0 Å². The first-order valence-corrected chi connectivity index (χ1v) is 12.8. The Labute approximate surface area is 207 Å². The Morgan fingerprint density at radius 2 is 1.74 bits per heavy atom. The zero-order chi connectivity index (χ0) is 24.0. The summed E-state index contributed by atoms with van der Waals surface area (Å²) in [7, 11) is -3.89. The lowest BCUT2D eigenvalue weighted by molar-refractivity contribution is 0.0694. The third kappa shape index (κ3) is 4.15. The highest BCUT2D eigenvalue weighted by molar-refractivity contribution is 7.92. The molecule has 0 amide bonds. The lowest BCUT2D eigenvalue weighted by Gasteiger charge is -2.38. The van der Waals surface area contributed by atoms with Crippen molar-refractivity contribution in [1.29, 1.82) is 0 Å². The predicted molar refractivity (Wildman–Crippen MR) is 133 cm³/mol. The SMILES string of the molecule is O=C(O)c1ccccc1[C@H]1Nc2ccc(S(=O)(=O)Nc3cc(Cl)cc(Cl)c3)cc2[C@H]2C=CC[C@H]21. The van der Waals surface area contributed by atoms with Crippen molar-refractivity contribution in [3.05, 3.63) is 99.6 Å². The molecule has 0 saturated heterocycles. The minimum Gasteiger partial charge on any atom is -0.478 e. The first kappa shape index (κ1) is 22.8. The predicted octanol–water partition coefficient (Wildman–Crippen LogP) is 6.32. The minimum absolute atomic E-state index is 0.0427. The van der Waals surface area contributed by atoms with Gasteiger partial charge < -0.3 is 10.4 Å². The number of nitrogens with one attached hydrogen (secondary N) is 2. The fourth-order valence-electron chi connectivity index (χ4n) is 4.84. The van der Waals surface area contributed by atoms with E-state index in [1.165, 1.54) is 24.3 Å². The summed E-state index contributed by atoms with van der Waals surface area (Å²) in [5.74, 6) is -0.955. The summed E-state index contributed by atoms with van der Waals surface area (Å²) >= 11 is 12.0. The third-order valence-corrected chi connectivity index (χ3v) is 8.10. The van der Waals surface area contributed by atoms with E-state index in [1.807, 2.05) is 12.1 Å². The molecule has 174 valence electrons. The number of sulfonamides is 1. The quantitative estimate of drug-likeness (QED) is 0.346. The van der Waals surface area contributed by atoms with Gasteiger partial charge in [-0.05, 0) is 65.9 Å². The number of allylic oxidation sites excluding steroid dienone is 2. The molecule has 0 bridgehead atoms. The fraction of sp³-hybridized carbons (Fsp3) is 0.160. The topological polar surface area (TPSA) is 95.5 Å². The number of aromatic carboxylic acids is 1. The summed E-state index contributed by atoms with van der Waals surface area (Å²) in [6, 6.07) is 16.2. The molecule has 1 aliphatic carbocycles. The maximum atomic E-state index is 13.1. The van der Waals surface area contributed by atoms with Crippen LogP contribution in [-0.2, 0) is 10.0 Å². The first-order chi connectivity index (χ1) is 16.2. The number of carbonyl (C=O) groups is 1. The average molecular weight is 515 g/mol. The summed E-state index contributed by atoms with van der Waals surface area (Å²) in [5.41, 5.74) is 2.89. The average Bonchev–Trinajstić information content (AvgIpc) is 3.27. The van der Waals surface area contributed by atoms with Crippen molar-refractivity contribution in [3.63, 3.8) is 0 Å². The van der Waals surface area contributed by atoms with Gasteiger partial charge in [0.15, 0.2) is 0 Å². The normalized spacial score (nSPS) is 20.8. The highest BCUT2D eigenvalue weighted by Gasteiger charge is 2.39. The zero-order valence-corrected chi connectivity index (χ0v) is 20.0. The molecular formula is C25H20Cl2N2O4S. The summed E-state index contributed by atoms with van der Waals surface area (Å²) < 4.78 is 28.8. The van der Waals surface area contributed by atoms with E-state index in [2.05, 4.69) is 22.2 Å². The van der Waals surface area contributed by atoms with Gasteiger partial charge in [0.1, 0.15) is 0 Å². The van der Waals surface area contributed by atoms with Crippen molar-refractivity contribution in [2.45, 2.75) is 23.3 Å². The number of benzene rings is 3. The van der Waals surface area contributed by atoms with Crippen LogP contribution >= 0.6 is 23.2 Å². The molecule has 0 aromatic heterocycles. The monoisotopic (exact) mass is 514 g/mol. The lowest BCUT2D eigenvalue weighted by atomic mass is 9.76. The second kappa shape index (κ2) is 8.65. The van der Waals surface area contributed by atoms with Gasteiger partial charge in [0.25, 0.3) is 10.0 Å². The van der Waals surface area contributed by atoms with Gasteiger partial charge in [-0.1, -0.05) is 53.6 Å². The van der Waals surface area contributed by atoms with Gasteiger partial charge in [0.2, 0.25) is 0 Å². The number of fused-ring (bicyclic) bond motifs is 3. The Bertz CT molecular complexity index is 1420. The molecule has 6 nitrogen and oxygen atoms in total. The van der Waals surface area contributed by atoms with Gasteiger partial charge in [-0.3, -0.25) is 4.72 Å². The van der Waals surface area contributed by atoms with E-state index >= 15 is 0 Å². The molecule has 3 aromatic carbocycles. The fourth-order valence-corrected chi connectivity index (χ4v) is 6.44. The number of hydrogen-bond donors (Lipinski definition) is 3. The van der Waals surface area contributed by atoms with Crippen molar-refractivity contribution in [3.8, 4) is 0 Å². The van der Waals surface area contributed by atoms with E-state index in [-0.39, 0.29) is 34.0 Å². The van der Waals surface area contributed by atoms with Crippen LogP contribution in [0.3, 0.4) is 0 Å². The van der Waals surface area contributed by atoms with E-state index in [9.17, 15) is 18.3 Å². The summed E-state index contributed by atoms with van der Waals surface area (Å²) in [5, 5.41) is 13.8. The van der Waals surface area contributed by atoms with Gasteiger partial charge in [0.05, 0.1) is 22.2 Å². The molecule has 9 heteroatoms. The van der Waals surface area contributed by atoms with Crippen molar-refractivity contribution in [2.75, 3.05) is 10.0 Å². The Balaban J connectivity index is 1.51. The van der Waals surface area contributed by atoms with Crippen molar-refractivity contribution in [2.24, 2.45) is 5.92 Å². The van der Waals surface area contributed by atoms with E-state index in [0.717, 1.165) is 23.2 Å². The van der Waals surface area contributed by atoms with Crippen LogP contribution in [0.2, 0.25) is 10.0 Å². The molecule has 0 unspecified atom stereocenters. The minimum atomic E-state index is -3.89. The standard InChI is InChI=1S/C25H20Cl2N2O4S/c26-14-10-15(27)12-16(11-14)29-34(32,33)17-8-9-23-22(13-17)18-6-3-7-19(18)24(28-23)20-4-1-2-5-21(20)25(30)31/h1-6,8-13,18-19,24,28-29H,7H2,(H,30,31)/t18-,19+,24-/m0/s1. The van der Waals surface area contributed by atoms with Gasteiger partial charge in [-0.2, -0.15) is 0 Å². The van der Waals surface area contributed by atoms with E-state index in [0.29, 0.717) is 10.0 Å². The molecule has 0 spiro atoms. The van der Waals surface area contributed by atoms with Gasteiger partial charge in [-0.25, -0.2) is 13.2 Å². The van der Waals surface area contributed by atoms with Crippen molar-refractivity contribution >= 4 is 50.6 Å². The Kier molecular flexibility index (Phi) is 5.80. The Morgan fingerprint density at radius 3 is 2.47 bits per heavy atom. The van der Waals surface area contributed by atoms with Crippen LogP contribution in [0.15, 0.2) is 77.7 Å². The largest absolute Gasteiger partial charge is 0.478 e. The molecule has 3 aromatic rings. The molecule has 5 rings (SSSR count). The van der Waals surface area contributed by atoms with Crippen LogP contribution in [-0.4, -0.2) is 19.5 Å². The maximum absolute atomic E-state index is 13.1. The maximum Gasteiger partial charge on any atom is 0.336 e. The molecule has 2 aliphatic rings. The van der Waals surface area contributed by atoms with Crippen molar-refractivity contribution < 1.29 is 18.3 Å². The van der Waals surface area contributed by atoms with E-state index < -0.39 is 16.0 Å². The molecule has 0 radical (unpaired) electrons. The Hall–Kier alpha value is -3.00. The highest BCUT2D eigenvalue weighted by atomic mass is 35.5. The van der Waals surface area contributed by atoms with Crippen LogP contribution in [0.1, 0.15) is 39.9 Å². The van der Waals surface area contributed by atoms with Gasteiger partial charge in [-0.15, -0.1) is 0 Å². The summed E-state index contributed by atoms with van der Waals surface area (Å²) in [6.07, 6.45) is 4.89. The van der Waals surface area contributed by atoms with Crippen LogP contribution in [0, 0.1) is 5.92 Å². The van der Waals surface area contributed by atoms with Crippen LogP contribution in [0.5, 0.6) is 0 Å². The molecule has 0 saturated carbocycles. The van der Waals surface area contributed by atoms with Crippen LogP contribution < -0.4 is 10.0 Å². The van der Waals surface area contributed by atoms with E-state index in [1.54, 1.807) is 24.3 Å². The summed E-state index contributed by atoms with van der Waals surface area (Å²) in [6.45, 7) is 0.